The fraction of sp³-hybridized carbons (Fsp3) is 0.118. The first kappa shape index (κ1) is 17.3. The monoisotopic (exact) mass is 376 g/mol. The second-order valence-corrected chi connectivity index (χ2v) is 6.88. The zero-order chi connectivity index (χ0) is 17.8. The number of carbonyl (C=O) groups is 1. The van der Waals surface area contributed by atoms with E-state index in [2.05, 4.69) is 10.2 Å². The maximum Gasteiger partial charge on any atom is 0.338 e. The van der Waals surface area contributed by atoms with Crippen LogP contribution < -0.4 is 0 Å². The molecular formula is C17H13ClN2O4S. The number of hydrogen-bond donors (Lipinski definition) is 0. The van der Waals surface area contributed by atoms with E-state index in [4.69, 9.17) is 20.8 Å². The van der Waals surface area contributed by atoms with Crippen molar-refractivity contribution < 1.29 is 18.2 Å². The third kappa shape index (κ3) is 4.32. The number of esters is 1. The summed E-state index contributed by atoms with van der Waals surface area (Å²) in [6.07, 6.45) is 1.57. The number of halogens is 1. The van der Waals surface area contributed by atoms with Crippen molar-refractivity contribution in [3.8, 4) is 11.5 Å². The molecule has 0 N–H and O–H groups in total. The highest BCUT2D eigenvalue weighted by molar-refractivity contribution is 7.84. The van der Waals surface area contributed by atoms with Crippen molar-refractivity contribution >= 4 is 28.4 Å². The van der Waals surface area contributed by atoms with E-state index in [1.165, 1.54) is 0 Å². The van der Waals surface area contributed by atoms with Crippen molar-refractivity contribution in [2.24, 2.45) is 0 Å². The summed E-state index contributed by atoms with van der Waals surface area (Å²) >= 11 is 5.83. The van der Waals surface area contributed by atoms with Gasteiger partial charge >= 0.3 is 5.97 Å². The Kier molecular flexibility index (Phi) is 5.25. The second-order valence-electron chi connectivity index (χ2n) is 5.06. The number of carbonyl (C=O) groups excluding carboxylic acids is 1. The van der Waals surface area contributed by atoms with E-state index in [-0.39, 0.29) is 12.5 Å². The summed E-state index contributed by atoms with van der Waals surface area (Å²) in [5.74, 6) is -0.0262. The molecule has 8 heteroatoms. The molecule has 0 aliphatic carbocycles. The summed E-state index contributed by atoms with van der Waals surface area (Å²) in [6, 6.07) is 13.3. The molecule has 6 nitrogen and oxygen atoms in total. The maximum atomic E-state index is 12.0. The molecule has 3 rings (SSSR count). The minimum atomic E-state index is -1.09. The minimum Gasteiger partial charge on any atom is -0.452 e. The van der Waals surface area contributed by atoms with Crippen molar-refractivity contribution in [1.82, 2.24) is 10.2 Å². The molecule has 1 atom stereocenters. The van der Waals surface area contributed by atoms with Gasteiger partial charge in [-0.25, -0.2) is 4.79 Å². The van der Waals surface area contributed by atoms with Gasteiger partial charge < -0.3 is 9.15 Å². The molecule has 0 amide bonds. The van der Waals surface area contributed by atoms with Crippen LogP contribution in [0.5, 0.6) is 0 Å². The molecule has 1 aromatic heterocycles. The van der Waals surface area contributed by atoms with Gasteiger partial charge in [-0.05, 0) is 48.5 Å². The third-order valence-electron chi connectivity index (χ3n) is 3.31. The Morgan fingerprint density at radius 3 is 2.44 bits per heavy atom. The average Bonchev–Trinajstić information content (AvgIpc) is 3.09. The molecule has 0 radical (unpaired) electrons. The maximum absolute atomic E-state index is 12.0. The highest BCUT2D eigenvalue weighted by Crippen LogP contribution is 2.20. The number of nitrogens with zero attached hydrogens (tertiary/aromatic N) is 2. The standard InChI is InChI=1S/C17H13ClN2O4S/c1-25(22)14-8-4-12(5-9-14)17(21)23-10-15-19-20-16(24-15)11-2-6-13(18)7-3-11/h2-9H,10H2,1H3. The van der Waals surface area contributed by atoms with Crippen LogP contribution in [0, 0.1) is 0 Å². The van der Waals surface area contributed by atoms with Gasteiger partial charge in [0.1, 0.15) is 0 Å². The summed E-state index contributed by atoms with van der Waals surface area (Å²) in [6.45, 7) is -0.138. The van der Waals surface area contributed by atoms with Crippen molar-refractivity contribution in [2.75, 3.05) is 6.26 Å². The van der Waals surface area contributed by atoms with E-state index in [0.29, 0.717) is 21.4 Å². The summed E-state index contributed by atoms with van der Waals surface area (Å²) in [7, 11) is -1.09. The lowest BCUT2D eigenvalue weighted by atomic mass is 10.2. The summed E-state index contributed by atoms with van der Waals surface area (Å²) in [5.41, 5.74) is 1.07. The van der Waals surface area contributed by atoms with Gasteiger partial charge in [0.25, 0.3) is 5.89 Å². The highest BCUT2D eigenvalue weighted by Gasteiger charge is 2.12. The summed E-state index contributed by atoms with van der Waals surface area (Å²) in [4.78, 5) is 12.7. The van der Waals surface area contributed by atoms with Gasteiger partial charge in [-0.1, -0.05) is 11.6 Å². The molecule has 0 aliphatic rings. The lowest BCUT2D eigenvalue weighted by Gasteiger charge is -2.03. The fourth-order valence-electron chi connectivity index (χ4n) is 2.01. The van der Waals surface area contributed by atoms with Crippen LogP contribution in [0.15, 0.2) is 57.8 Å². The SMILES string of the molecule is CS(=O)c1ccc(C(=O)OCc2nnc(-c3ccc(Cl)cc3)o2)cc1. The number of rotatable bonds is 5. The first-order chi connectivity index (χ1) is 12.0. The van der Waals surface area contributed by atoms with Crippen molar-refractivity contribution in [3.05, 3.63) is 65.0 Å². The summed E-state index contributed by atoms with van der Waals surface area (Å²) in [5, 5.41) is 8.37. The van der Waals surface area contributed by atoms with Crippen LogP contribution in [0.3, 0.4) is 0 Å². The predicted octanol–water partition coefficient (Wildman–Crippen LogP) is 3.48. The Balaban J connectivity index is 1.62. The average molecular weight is 377 g/mol. The Morgan fingerprint density at radius 2 is 1.80 bits per heavy atom. The van der Waals surface area contributed by atoms with Crippen LogP contribution in [0.2, 0.25) is 5.02 Å². The molecule has 3 aromatic rings. The van der Waals surface area contributed by atoms with Gasteiger partial charge in [0.2, 0.25) is 5.89 Å². The van der Waals surface area contributed by atoms with E-state index in [1.807, 2.05) is 0 Å². The first-order valence-corrected chi connectivity index (χ1v) is 9.15. The molecular weight excluding hydrogens is 364 g/mol. The lowest BCUT2D eigenvalue weighted by Crippen LogP contribution is -2.05. The Morgan fingerprint density at radius 1 is 1.12 bits per heavy atom. The van der Waals surface area contributed by atoms with E-state index in [9.17, 15) is 9.00 Å². The lowest BCUT2D eigenvalue weighted by molar-refractivity contribution is 0.0438. The zero-order valence-corrected chi connectivity index (χ0v) is 14.7. The van der Waals surface area contributed by atoms with Crippen LogP contribution in [0.1, 0.15) is 16.2 Å². The van der Waals surface area contributed by atoms with Crippen LogP contribution in [0.25, 0.3) is 11.5 Å². The largest absolute Gasteiger partial charge is 0.452 e. The van der Waals surface area contributed by atoms with Gasteiger partial charge in [-0.15, -0.1) is 10.2 Å². The van der Waals surface area contributed by atoms with Gasteiger partial charge in [-0.2, -0.15) is 0 Å². The minimum absolute atomic E-state index is 0.138. The molecule has 128 valence electrons. The van der Waals surface area contributed by atoms with Crippen molar-refractivity contribution in [3.63, 3.8) is 0 Å². The summed E-state index contributed by atoms with van der Waals surface area (Å²) < 4.78 is 21.9. The van der Waals surface area contributed by atoms with Gasteiger partial charge in [-0.3, -0.25) is 4.21 Å². The Hall–Kier alpha value is -2.51. The molecule has 0 aliphatic heterocycles. The van der Waals surface area contributed by atoms with Crippen molar-refractivity contribution in [2.45, 2.75) is 11.5 Å². The number of ether oxygens (including phenoxy) is 1. The fourth-order valence-corrected chi connectivity index (χ4v) is 2.66. The van der Waals surface area contributed by atoms with Crippen LogP contribution in [-0.4, -0.2) is 26.6 Å². The Bertz CT molecular complexity index is 907. The Labute approximate surface area is 151 Å². The molecule has 2 aromatic carbocycles. The van der Waals surface area contributed by atoms with E-state index in [1.54, 1.807) is 54.8 Å². The van der Waals surface area contributed by atoms with E-state index in [0.717, 1.165) is 5.56 Å². The molecule has 1 heterocycles. The van der Waals surface area contributed by atoms with Crippen molar-refractivity contribution in [1.29, 1.82) is 0 Å². The van der Waals surface area contributed by atoms with Crippen LogP contribution in [-0.2, 0) is 22.1 Å². The number of hydrogen-bond acceptors (Lipinski definition) is 6. The van der Waals surface area contributed by atoms with Crippen LogP contribution in [0.4, 0.5) is 0 Å². The van der Waals surface area contributed by atoms with E-state index >= 15 is 0 Å². The zero-order valence-electron chi connectivity index (χ0n) is 13.1. The number of benzene rings is 2. The second kappa shape index (κ2) is 7.58. The molecule has 0 fully saturated rings. The predicted molar refractivity (Wildman–Crippen MR) is 92.6 cm³/mol. The highest BCUT2D eigenvalue weighted by atomic mass is 35.5. The first-order valence-electron chi connectivity index (χ1n) is 7.22. The van der Waals surface area contributed by atoms with E-state index < -0.39 is 16.8 Å². The molecule has 0 saturated heterocycles. The van der Waals surface area contributed by atoms with Crippen LogP contribution >= 0.6 is 11.6 Å². The molecule has 0 saturated carbocycles. The normalized spacial score (nSPS) is 11.9. The molecule has 0 spiro atoms. The van der Waals surface area contributed by atoms with Gasteiger partial charge in [0.05, 0.1) is 5.56 Å². The van der Waals surface area contributed by atoms with Gasteiger partial charge in [0.15, 0.2) is 6.61 Å². The topological polar surface area (TPSA) is 82.3 Å². The third-order valence-corrected chi connectivity index (χ3v) is 4.49. The molecule has 1 unspecified atom stereocenters. The quantitative estimate of drug-likeness (QED) is 0.634. The molecule has 0 bridgehead atoms. The molecule has 25 heavy (non-hydrogen) atoms. The number of aromatic nitrogens is 2. The smallest absolute Gasteiger partial charge is 0.338 e. The van der Waals surface area contributed by atoms with Gasteiger partial charge in [0, 0.05) is 32.5 Å².